The van der Waals surface area contributed by atoms with Crippen LogP contribution >= 0.6 is 27.9 Å². The van der Waals surface area contributed by atoms with Crippen molar-refractivity contribution in [1.82, 2.24) is 0 Å². The maximum Gasteiger partial charge on any atom is 0.258 e. The van der Waals surface area contributed by atoms with Crippen molar-refractivity contribution in [3.63, 3.8) is 0 Å². The van der Waals surface area contributed by atoms with Crippen molar-refractivity contribution in [3.8, 4) is 5.75 Å². The van der Waals surface area contributed by atoms with Crippen molar-refractivity contribution >= 4 is 55.9 Å². The standard InChI is InChI=1S/C20H17BrN2O2S/c1-3-23-16-9-8-15(13-5-4-6-14(19(13)16)20(23)24)22-26-18-11-12(21)7-10-17(18)25-2/h4-11,22H,3H2,1-2H3. The average Bonchev–Trinajstić information content (AvgIpc) is 2.94. The molecule has 6 heteroatoms. The lowest BCUT2D eigenvalue weighted by atomic mass is 10.0. The minimum Gasteiger partial charge on any atom is -0.496 e. The van der Waals surface area contributed by atoms with E-state index in [0.29, 0.717) is 6.54 Å². The molecule has 3 aromatic carbocycles. The number of anilines is 2. The first-order chi connectivity index (χ1) is 12.6. The lowest BCUT2D eigenvalue weighted by Crippen LogP contribution is -2.25. The summed E-state index contributed by atoms with van der Waals surface area (Å²) in [6.45, 7) is 2.66. The number of nitrogens with one attached hydrogen (secondary N) is 1. The Kier molecular flexibility index (Phi) is 4.54. The van der Waals surface area contributed by atoms with Crippen molar-refractivity contribution in [1.29, 1.82) is 0 Å². The van der Waals surface area contributed by atoms with Gasteiger partial charge in [-0.1, -0.05) is 28.1 Å². The van der Waals surface area contributed by atoms with Crippen LogP contribution in [-0.2, 0) is 0 Å². The highest BCUT2D eigenvalue weighted by Crippen LogP contribution is 2.42. The van der Waals surface area contributed by atoms with Gasteiger partial charge in [0.15, 0.2) is 0 Å². The summed E-state index contributed by atoms with van der Waals surface area (Å²) >= 11 is 4.99. The summed E-state index contributed by atoms with van der Waals surface area (Å²) in [4.78, 5) is 15.4. The molecule has 4 nitrogen and oxygen atoms in total. The largest absolute Gasteiger partial charge is 0.496 e. The molecule has 0 aliphatic carbocycles. The fourth-order valence-corrected chi connectivity index (χ4v) is 4.64. The van der Waals surface area contributed by atoms with Crippen molar-refractivity contribution in [3.05, 3.63) is 58.6 Å². The molecule has 0 unspecified atom stereocenters. The predicted octanol–water partition coefficient (Wildman–Crippen LogP) is 5.71. The van der Waals surface area contributed by atoms with E-state index in [0.717, 1.165) is 42.8 Å². The molecule has 3 aromatic rings. The summed E-state index contributed by atoms with van der Waals surface area (Å²) < 4.78 is 9.85. The van der Waals surface area contributed by atoms with Gasteiger partial charge in [-0.25, -0.2) is 0 Å². The summed E-state index contributed by atoms with van der Waals surface area (Å²) in [5, 5.41) is 2.07. The molecule has 0 spiro atoms. The molecular weight excluding hydrogens is 412 g/mol. The molecule has 0 atom stereocenters. The second kappa shape index (κ2) is 6.85. The van der Waals surface area contributed by atoms with E-state index in [2.05, 4.69) is 26.7 Å². The molecule has 1 aliphatic heterocycles. The molecular formula is C20H17BrN2O2S. The molecule has 0 fully saturated rings. The molecule has 0 radical (unpaired) electrons. The first kappa shape index (κ1) is 17.2. The topological polar surface area (TPSA) is 41.6 Å². The Morgan fingerprint density at radius 3 is 2.81 bits per heavy atom. The number of benzene rings is 3. The van der Waals surface area contributed by atoms with Crippen LogP contribution in [0, 0.1) is 0 Å². The summed E-state index contributed by atoms with van der Waals surface area (Å²) in [6, 6.07) is 15.8. The first-order valence-electron chi connectivity index (χ1n) is 8.28. The zero-order chi connectivity index (χ0) is 18.3. The average molecular weight is 429 g/mol. The lowest BCUT2D eigenvalue weighted by Gasteiger charge is -2.16. The fourth-order valence-electron chi connectivity index (χ4n) is 3.29. The number of methoxy groups -OCH3 is 1. The van der Waals surface area contributed by atoms with Gasteiger partial charge in [0.2, 0.25) is 0 Å². The summed E-state index contributed by atoms with van der Waals surface area (Å²) in [7, 11) is 1.66. The second-order valence-electron chi connectivity index (χ2n) is 5.91. The van der Waals surface area contributed by atoms with Gasteiger partial charge >= 0.3 is 0 Å². The van der Waals surface area contributed by atoms with Crippen LogP contribution in [0.4, 0.5) is 11.4 Å². The summed E-state index contributed by atoms with van der Waals surface area (Å²) in [6.07, 6.45) is 0. The van der Waals surface area contributed by atoms with E-state index in [1.54, 1.807) is 7.11 Å². The predicted molar refractivity (Wildman–Crippen MR) is 111 cm³/mol. The Labute approximate surface area is 164 Å². The maximum atomic E-state index is 12.6. The van der Waals surface area contributed by atoms with E-state index in [1.807, 2.05) is 54.3 Å². The molecule has 1 N–H and O–H groups in total. The summed E-state index contributed by atoms with van der Waals surface area (Å²) in [5.74, 6) is 0.885. The maximum absolute atomic E-state index is 12.6. The van der Waals surface area contributed by atoms with Gasteiger partial charge in [-0.15, -0.1) is 0 Å². The Hall–Kier alpha value is -2.18. The van der Waals surface area contributed by atoms with E-state index < -0.39 is 0 Å². The number of hydrogen-bond donors (Lipinski definition) is 1. The smallest absolute Gasteiger partial charge is 0.258 e. The van der Waals surface area contributed by atoms with Crippen LogP contribution in [0.3, 0.4) is 0 Å². The molecule has 0 saturated heterocycles. The molecule has 26 heavy (non-hydrogen) atoms. The molecule has 0 saturated carbocycles. The minimum atomic E-state index is 0.0755. The highest BCUT2D eigenvalue weighted by Gasteiger charge is 2.29. The fraction of sp³-hybridized carbons (Fsp3) is 0.150. The van der Waals surface area contributed by atoms with Crippen LogP contribution in [0.1, 0.15) is 17.3 Å². The Morgan fingerprint density at radius 2 is 2.04 bits per heavy atom. The van der Waals surface area contributed by atoms with E-state index >= 15 is 0 Å². The van der Waals surface area contributed by atoms with Crippen molar-refractivity contribution < 1.29 is 9.53 Å². The highest BCUT2D eigenvalue weighted by atomic mass is 79.9. The molecule has 0 aromatic heterocycles. The van der Waals surface area contributed by atoms with Crippen molar-refractivity contribution in [2.75, 3.05) is 23.3 Å². The molecule has 4 rings (SSSR count). The third-order valence-corrected chi connectivity index (χ3v) is 5.85. The zero-order valence-electron chi connectivity index (χ0n) is 14.4. The van der Waals surface area contributed by atoms with Crippen molar-refractivity contribution in [2.45, 2.75) is 11.8 Å². The normalized spacial score (nSPS) is 12.7. The Morgan fingerprint density at radius 1 is 1.19 bits per heavy atom. The van der Waals surface area contributed by atoms with Gasteiger partial charge in [-0.3, -0.25) is 4.79 Å². The number of rotatable bonds is 5. The molecule has 1 heterocycles. The third-order valence-electron chi connectivity index (χ3n) is 4.50. The number of hydrogen-bond acceptors (Lipinski definition) is 4. The molecule has 0 bridgehead atoms. The highest BCUT2D eigenvalue weighted by molar-refractivity contribution is 9.10. The van der Waals surface area contributed by atoms with Crippen LogP contribution in [0.5, 0.6) is 5.75 Å². The number of carbonyl (C=O) groups excluding carboxylic acids is 1. The number of carbonyl (C=O) groups is 1. The van der Waals surface area contributed by atoms with Gasteiger partial charge in [0, 0.05) is 27.4 Å². The van der Waals surface area contributed by atoms with Crippen LogP contribution in [0.15, 0.2) is 57.9 Å². The summed E-state index contributed by atoms with van der Waals surface area (Å²) in [5.41, 5.74) is 2.73. The van der Waals surface area contributed by atoms with Crippen LogP contribution in [0.25, 0.3) is 10.8 Å². The van der Waals surface area contributed by atoms with E-state index in [9.17, 15) is 4.79 Å². The first-order valence-corrected chi connectivity index (χ1v) is 9.89. The van der Waals surface area contributed by atoms with Gasteiger partial charge in [-0.05, 0) is 55.3 Å². The number of halogens is 1. The van der Waals surface area contributed by atoms with E-state index in [4.69, 9.17) is 4.74 Å². The monoisotopic (exact) mass is 428 g/mol. The van der Waals surface area contributed by atoms with Gasteiger partial charge in [0.1, 0.15) is 5.75 Å². The third kappa shape index (κ3) is 2.73. The van der Waals surface area contributed by atoms with Gasteiger partial charge in [0.25, 0.3) is 5.91 Å². The van der Waals surface area contributed by atoms with Crippen LogP contribution in [-0.4, -0.2) is 19.6 Å². The van der Waals surface area contributed by atoms with Gasteiger partial charge in [-0.2, -0.15) is 0 Å². The lowest BCUT2D eigenvalue weighted by molar-refractivity contribution is 0.0994. The molecule has 1 amide bonds. The van der Waals surface area contributed by atoms with Crippen LogP contribution in [0.2, 0.25) is 0 Å². The Balaban J connectivity index is 1.73. The number of ether oxygens (including phenoxy) is 1. The molecule has 1 aliphatic rings. The van der Waals surface area contributed by atoms with Gasteiger partial charge < -0.3 is 14.4 Å². The van der Waals surface area contributed by atoms with E-state index in [-0.39, 0.29) is 5.91 Å². The second-order valence-corrected chi connectivity index (χ2v) is 7.67. The molecule has 132 valence electrons. The van der Waals surface area contributed by atoms with Gasteiger partial charge in [0.05, 0.1) is 23.4 Å². The quantitative estimate of drug-likeness (QED) is 0.528. The number of amides is 1. The SMILES string of the molecule is CCN1C(=O)c2cccc3c(NSc4cc(Br)ccc4OC)ccc1c23. The zero-order valence-corrected chi connectivity index (χ0v) is 16.8. The van der Waals surface area contributed by atoms with E-state index in [1.165, 1.54) is 11.9 Å². The number of nitrogens with zero attached hydrogens (tertiary/aromatic N) is 1. The Bertz CT molecular complexity index is 1020. The van der Waals surface area contributed by atoms with Crippen LogP contribution < -0.4 is 14.4 Å². The van der Waals surface area contributed by atoms with Crippen molar-refractivity contribution in [2.24, 2.45) is 0 Å². The minimum absolute atomic E-state index is 0.0755.